The third kappa shape index (κ3) is 5.94. The van der Waals surface area contributed by atoms with Crippen LogP contribution >= 0.6 is 0 Å². The summed E-state index contributed by atoms with van der Waals surface area (Å²) in [4.78, 5) is 37.1. The summed E-state index contributed by atoms with van der Waals surface area (Å²) >= 11 is 0. The van der Waals surface area contributed by atoms with Crippen LogP contribution in [-0.4, -0.2) is 48.4 Å². The molecule has 0 aliphatic rings. The minimum absolute atomic E-state index is 0.154. The van der Waals surface area contributed by atoms with E-state index < -0.39 is 29.8 Å². The smallest absolute Gasteiger partial charge is 0.374 e. The first-order valence-corrected chi connectivity index (χ1v) is 8.63. The molecule has 0 aliphatic heterocycles. The van der Waals surface area contributed by atoms with Crippen LogP contribution in [0.5, 0.6) is 0 Å². The first-order chi connectivity index (χ1) is 13.1. The summed E-state index contributed by atoms with van der Waals surface area (Å²) in [5.74, 6) is -2.19. The van der Waals surface area contributed by atoms with Gasteiger partial charge >= 0.3 is 5.97 Å². The average Bonchev–Trinajstić information content (AvgIpc) is 3.07. The zero-order valence-electron chi connectivity index (χ0n) is 16.2. The number of nitrogens with one attached hydrogen (secondary N) is 1. The molecular weight excluding hydrogens is 367 g/mol. The maximum Gasteiger partial charge on any atom is 0.374 e. The number of likely N-dealkylation sites (N-methyl/N-ethyl adjacent to an activating group) is 1. The van der Waals surface area contributed by atoms with Crippen LogP contribution in [0.2, 0.25) is 0 Å². The number of benzene rings is 1. The van der Waals surface area contributed by atoms with E-state index in [0.717, 1.165) is 4.90 Å². The number of furan rings is 1. The van der Waals surface area contributed by atoms with Gasteiger partial charge in [0, 0.05) is 12.6 Å². The van der Waals surface area contributed by atoms with Gasteiger partial charge in [0.05, 0.1) is 12.1 Å². The van der Waals surface area contributed by atoms with Crippen molar-refractivity contribution in [1.82, 2.24) is 10.2 Å². The highest BCUT2D eigenvalue weighted by atomic mass is 19.1. The number of amides is 2. The summed E-state index contributed by atoms with van der Waals surface area (Å²) < 4.78 is 24.0. The van der Waals surface area contributed by atoms with Gasteiger partial charge in [0.15, 0.2) is 6.61 Å². The van der Waals surface area contributed by atoms with Gasteiger partial charge in [-0.2, -0.15) is 0 Å². The van der Waals surface area contributed by atoms with Crippen molar-refractivity contribution in [3.63, 3.8) is 0 Å². The molecule has 0 unspecified atom stereocenters. The second kappa shape index (κ2) is 8.69. The zero-order valence-corrected chi connectivity index (χ0v) is 16.2. The van der Waals surface area contributed by atoms with Gasteiger partial charge in [-0.3, -0.25) is 9.59 Å². The highest BCUT2D eigenvalue weighted by Crippen LogP contribution is 2.25. The quantitative estimate of drug-likeness (QED) is 0.766. The molecule has 0 aliphatic carbocycles. The van der Waals surface area contributed by atoms with Crippen molar-refractivity contribution in [3.05, 3.63) is 48.0 Å². The number of rotatable bonds is 6. The summed E-state index contributed by atoms with van der Waals surface area (Å²) in [6.45, 7) is 4.77. The van der Waals surface area contributed by atoms with E-state index in [2.05, 4.69) is 5.32 Å². The van der Waals surface area contributed by atoms with Gasteiger partial charge in [0.2, 0.25) is 11.7 Å². The van der Waals surface area contributed by atoms with Gasteiger partial charge < -0.3 is 19.4 Å². The zero-order chi connectivity index (χ0) is 20.9. The van der Waals surface area contributed by atoms with Crippen LogP contribution in [0.25, 0.3) is 11.3 Å². The van der Waals surface area contributed by atoms with Crippen molar-refractivity contribution in [2.75, 3.05) is 20.2 Å². The van der Waals surface area contributed by atoms with Crippen LogP contribution in [-0.2, 0) is 14.3 Å². The molecule has 1 N–H and O–H groups in total. The van der Waals surface area contributed by atoms with Gasteiger partial charge in [-0.1, -0.05) is 12.1 Å². The number of nitrogens with zero attached hydrogens (tertiary/aromatic N) is 1. The Bertz CT molecular complexity index is 869. The van der Waals surface area contributed by atoms with Crippen molar-refractivity contribution in [2.45, 2.75) is 26.3 Å². The number of esters is 1. The standard InChI is InChI=1S/C20H23FN2O5/c1-20(2,3)22-17(24)11-23(4)18(25)12-27-19(26)16-10-9-15(28-16)13-7-5-6-8-14(13)21/h5-10H,11-12H2,1-4H3,(H,22,24). The molecule has 1 aromatic heterocycles. The van der Waals surface area contributed by atoms with E-state index in [0.29, 0.717) is 0 Å². The number of carbonyl (C=O) groups is 3. The molecule has 28 heavy (non-hydrogen) atoms. The van der Waals surface area contributed by atoms with Crippen molar-refractivity contribution >= 4 is 17.8 Å². The van der Waals surface area contributed by atoms with E-state index in [4.69, 9.17) is 9.15 Å². The van der Waals surface area contributed by atoms with Crippen molar-refractivity contribution in [3.8, 4) is 11.3 Å². The van der Waals surface area contributed by atoms with Crippen LogP contribution in [0.15, 0.2) is 40.8 Å². The van der Waals surface area contributed by atoms with Crippen molar-refractivity contribution < 1.29 is 27.9 Å². The van der Waals surface area contributed by atoms with E-state index in [-0.39, 0.29) is 29.5 Å². The fraction of sp³-hybridized carbons (Fsp3) is 0.350. The molecule has 0 saturated heterocycles. The summed E-state index contributed by atoms with van der Waals surface area (Å²) in [6, 6.07) is 8.77. The Morgan fingerprint density at radius 1 is 1.14 bits per heavy atom. The van der Waals surface area contributed by atoms with E-state index in [1.165, 1.54) is 31.3 Å². The Hall–Kier alpha value is -3.16. The first-order valence-electron chi connectivity index (χ1n) is 8.63. The second-order valence-corrected chi connectivity index (χ2v) is 7.27. The molecule has 0 saturated carbocycles. The topological polar surface area (TPSA) is 88.9 Å². The molecule has 2 aromatic rings. The number of carbonyl (C=O) groups excluding carboxylic acids is 3. The Balaban J connectivity index is 1.89. The predicted octanol–water partition coefficient (Wildman–Crippen LogP) is 2.62. The molecule has 0 bridgehead atoms. The average molecular weight is 390 g/mol. The van der Waals surface area contributed by atoms with Gasteiger partial charge in [0.25, 0.3) is 5.91 Å². The molecule has 1 aromatic carbocycles. The Kier molecular flexibility index (Phi) is 6.56. The molecule has 0 spiro atoms. The lowest BCUT2D eigenvalue weighted by atomic mass is 10.1. The SMILES string of the molecule is CN(CC(=O)NC(C)(C)C)C(=O)COC(=O)c1ccc(-c2ccccc2F)o1. The molecule has 0 radical (unpaired) electrons. The van der Waals surface area contributed by atoms with E-state index in [1.54, 1.807) is 12.1 Å². The second-order valence-electron chi connectivity index (χ2n) is 7.27. The lowest BCUT2D eigenvalue weighted by Crippen LogP contribution is -2.46. The van der Waals surface area contributed by atoms with Crippen LogP contribution in [0.3, 0.4) is 0 Å². The summed E-state index contributed by atoms with van der Waals surface area (Å²) in [5.41, 5.74) is -0.204. The van der Waals surface area contributed by atoms with E-state index in [1.807, 2.05) is 20.8 Å². The third-order valence-electron chi connectivity index (χ3n) is 3.59. The first kappa shape index (κ1) is 21.1. The van der Waals surface area contributed by atoms with Crippen LogP contribution < -0.4 is 5.32 Å². The Morgan fingerprint density at radius 3 is 2.46 bits per heavy atom. The minimum Gasteiger partial charge on any atom is -0.450 e. The number of hydrogen-bond donors (Lipinski definition) is 1. The monoisotopic (exact) mass is 390 g/mol. The van der Waals surface area contributed by atoms with Crippen LogP contribution in [0.4, 0.5) is 4.39 Å². The van der Waals surface area contributed by atoms with Crippen LogP contribution in [0, 0.1) is 5.82 Å². The highest BCUT2D eigenvalue weighted by molar-refractivity contribution is 5.90. The van der Waals surface area contributed by atoms with E-state index >= 15 is 0 Å². The lowest BCUT2D eigenvalue weighted by molar-refractivity contribution is -0.137. The lowest BCUT2D eigenvalue weighted by Gasteiger charge is -2.23. The number of hydrogen-bond acceptors (Lipinski definition) is 5. The number of halogens is 1. The molecule has 1 heterocycles. The third-order valence-corrected chi connectivity index (χ3v) is 3.59. The molecule has 2 amide bonds. The Labute approximate surface area is 162 Å². The predicted molar refractivity (Wildman–Crippen MR) is 99.9 cm³/mol. The van der Waals surface area contributed by atoms with Crippen molar-refractivity contribution in [2.24, 2.45) is 0 Å². The maximum atomic E-state index is 13.8. The van der Waals surface area contributed by atoms with Gasteiger partial charge in [-0.05, 0) is 45.0 Å². The molecular formula is C20H23FN2O5. The normalized spacial score (nSPS) is 11.0. The van der Waals surface area contributed by atoms with Gasteiger partial charge in [-0.15, -0.1) is 0 Å². The summed E-state index contributed by atoms with van der Waals surface area (Å²) in [5, 5.41) is 2.73. The molecule has 2 rings (SSSR count). The fourth-order valence-electron chi connectivity index (χ4n) is 2.32. The highest BCUT2D eigenvalue weighted by Gasteiger charge is 2.20. The molecule has 0 fully saturated rings. The largest absolute Gasteiger partial charge is 0.450 e. The summed E-state index contributed by atoms with van der Waals surface area (Å²) in [6.07, 6.45) is 0. The maximum absolute atomic E-state index is 13.8. The Morgan fingerprint density at radius 2 is 1.82 bits per heavy atom. The minimum atomic E-state index is -0.858. The van der Waals surface area contributed by atoms with Gasteiger partial charge in [0.1, 0.15) is 11.6 Å². The fourth-order valence-corrected chi connectivity index (χ4v) is 2.32. The van der Waals surface area contributed by atoms with E-state index in [9.17, 15) is 18.8 Å². The summed E-state index contributed by atoms with van der Waals surface area (Å²) in [7, 11) is 1.43. The molecule has 0 atom stereocenters. The molecule has 7 nitrogen and oxygen atoms in total. The number of ether oxygens (including phenoxy) is 1. The molecule has 8 heteroatoms. The molecule has 150 valence electrons. The van der Waals surface area contributed by atoms with Crippen molar-refractivity contribution in [1.29, 1.82) is 0 Å². The van der Waals surface area contributed by atoms with Gasteiger partial charge in [-0.25, -0.2) is 9.18 Å². The van der Waals surface area contributed by atoms with Crippen LogP contribution in [0.1, 0.15) is 31.3 Å².